The summed E-state index contributed by atoms with van der Waals surface area (Å²) in [5, 5.41) is 11.9. The quantitative estimate of drug-likeness (QED) is 0.153. The number of furan rings is 1. The number of nitrogens with zero attached hydrogens (tertiary/aromatic N) is 4. The van der Waals surface area contributed by atoms with Crippen LogP contribution in [0.1, 0.15) is 5.56 Å². The van der Waals surface area contributed by atoms with Crippen LogP contribution in [0.25, 0.3) is 112 Å². The normalized spacial score (nSPS) is 11.2. The summed E-state index contributed by atoms with van der Waals surface area (Å²) < 4.78 is 6.63. The van der Waals surface area contributed by atoms with Crippen LogP contribution in [-0.4, -0.2) is 15.0 Å². The Labute approximate surface area is 364 Å². The van der Waals surface area contributed by atoms with Gasteiger partial charge in [0.15, 0.2) is 17.5 Å². The molecule has 2 heterocycles. The molecule has 0 saturated heterocycles. The average molecular weight is 805 g/mol. The molecule has 11 aromatic rings. The minimum Gasteiger partial charge on any atom is -0.456 e. The molecule has 0 aliphatic heterocycles. The molecule has 0 aliphatic rings. The lowest BCUT2D eigenvalue weighted by Gasteiger charge is -2.13. The molecular weight excluding hydrogens is 769 g/mol. The molecule has 0 unspecified atom stereocenters. The Morgan fingerprint density at radius 2 is 0.794 bits per heavy atom. The number of rotatable bonds is 8. The molecule has 63 heavy (non-hydrogen) atoms. The molecule has 0 radical (unpaired) electrons. The Morgan fingerprint density at radius 3 is 1.46 bits per heavy atom. The Balaban J connectivity index is 1.07. The summed E-state index contributed by atoms with van der Waals surface area (Å²) in [4.78, 5) is 15.5. The SMILES string of the molecule is N#Cc1ccccc1-c1ccc(-c2nc(-c3cc(-c4ccccc4)cc(-c4ccccc4)c3)nc(-c3ccc4c(c3)oc3cccc(-c5cccc(-c6ccccc6)c5)c34)n2)cc1. The van der Waals surface area contributed by atoms with Crippen molar-refractivity contribution in [3.8, 4) is 95.9 Å². The van der Waals surface area contributed by atoms with Crippen LogP contribution in [0, 0.1) is 11.3 Å². The van der Waals surface area contributed by atoms with E-state index in [2.05, 4.69) is 146 Å². The molecule has 5 nitrogen and oxygen atoms in total. The zero-order valence-corrected chi connectivity index (χ0v) is 34.0. The van der Waals surface area contributed by atoms with Gasteiger partial charge in [-0.05, 0) is 104 Å². The summed E-state index contributed by atoms with van der Waals surface area (Å²) in [5.74, 6) is 1.61. The van der Waals surface area contributed by atoms with Crippen molar-refractivity contribution in [1.29, 1.82) is 5.26 Å². The van der Waals surface area contributed by atoms with Crippen LogP contribution in [0.5, 0.6) is 0 Å². The molecule has 0 atom stereocenters. The number of hydrogen-bond donors (Lipinski definition) is 0. The molecule has 0 spiro atoms. The third-order valence-corrected chi connectivity index (χ3v) is 11.6. The lowest BCUT2D eigenvalue weighted by atomic mass is 9.95. The first-order valence-electron chi connectivity index (χ1n) is 20.9. The summed E-state index contributed by atoms with van der Waals surface area (Å²) >= 11 is 0. The smallest absolute Gasteiger partial charge is 0.164 e. The molecule has 0 aliphatic carbocycles. The van der Waals surface area contributed by atoms with Gasteiger partial charge in [-0.2, -0.15) is 5.26 Å². The van der Waals surface area contributed by atoms with E-state index in [9.17, 15) is 5.26 Å². The van der Waals surface area contributed by atoms with Crippen molar-refractivity contribution in [2.45, 2.75) is 0 Å². The van der Waals surface area contributed by atoms with Gasteiger partial charge in [0, 0.05) is 27.5 Å². The minimum atomic E-state index is 0.526. The van der Waals surface area contributed by atoms with Crippen LogP contribution in [0.3, 0.4) is 0 Å². The van der Waals surface area contributed by atoms with Crippen molar-refractivity contribution < 1.29 is 4.42 Å². The van der Waals surface area contributed by atoms with Gasteiger partial charge < -0.3 is 4.42 Å². The second-order valence-electron chi connectivity index (χ2n) is 15.5. The van der Waals surface area contributed by atoms with Gasteiger partial charge in [-0.25, -0.2) is 15.0 Å². The van der Waals surface area contributed by atoms with Crippen LogP contribution in [-0.2, 0) is 0 Å². The minimum absolute atomic E-state index is 0.526. The van der Waals surface area contributed by atoms with Gasteiger partial charge in [0.1, 0.15) is 11.2 Å². The molecule has 9 aromatic carbocycles. The standard InChI is InChI=1S/C58H36N4O/c59-37-46-20-10-11-23-50(46)41-26-28-42(29-27-41)56-60-57(62-58(61-56)49-34-47(39-16-6-2-7-17-39)33-48(35-49)40-18-8-3-9-19-40)45-30-31-52-54(36-45)63-53-25-13-24-51(55(52)53)44-22-12-21-43(32-44)38-14-4-1-5-15-38/h1-36H. The third kappa shape index (κ3) is 7.22. The first-order valence-corrected chi connectivity index (χ1v) is 20.9. The predicted octanol–water partition coefficient (Wildman–Crippen LogP) is 15.0. The Hall–Kier alpha value is -8.72. The van der Waals surface area contributed by atoms with E-state index in [1.165, 1.54) is 5.56 Å². The predicted molar refractivity (Wildman–Crippen MR) is 255 cm³/mol. The highest BCUT2D eigenvalue weighted by Gasteiger charge is 2.18. The molecule has 0 bridgehead atoms. The lowest BCUT2D eigenvalue weighted by Crippen LogP contribution is -2.00. The van der Waals surface area contributed by atoms with E-state index >= 15 is 0 Å². The summed E-state index contributed by atoms with van der Waals surface area (Å²) in [6.07, 6.45) is 0. The fourth-order valence-corrected chi connectivity index (χ4v) is 8.45. The molecule has 294 valence electrons. The molecule has 11 rings (SSSR count). The van der Waals surface area contributed by atoms with Gasteiger partial charge in [-0.1, -0.05) is 170 Å². The number of hydrogen-bond acceptors (Lipinski definition) is 5. The van der Waals surface area contributed by atoms with E-state index in [1.807, 2.05) is 78.9 Å². The van der Waals surface area contributed by atoms with Gasteiger partial charge in [0.2, 0.25) is 0 Å². The highest BCUT2D eigenvalue weighted by atomic mass is 16.3. The summed E-state index contributed by atoms with van der Waals surface area (Å²) in [6, 6.07) is 77.0. The van der Waals surface area contributed by atoms with Crippen molar-refractivity contribution in [2.24, 2.45) is 0 Å². The molecular formula is C58H36N4O. The number of fused-ring (bicyclic) bond motifs is 3. The first-order chi connectivity index (χ1) is 31.1. The zero-order chi connectivity index (χ0) is 42.1. The fraction of sp³-hybridized carbons (Fsp3) is 0. The molecule has 0 fully saturated rings. The van der Waals surface area contributed by atoms with E-state index in [-0.39, 0.29) is 0 Å². The van der Waals surface area contributed by atoms with E-state index < -0.39 is 0 Å². The van der Waals surface area contributed by atoms with Crippen molar-refractivity contribution >= 4 is 21.9 Å². The summed E-state index contributed by atoms with van der Waals surface area (Å²) in [5.41, 5.74) is 15.4. The van der Waals surface area contributed by atoms with Gasteiger partial charge in [0.25, 0.3) is 0 Å². The van der Waals surface area contributed by atoms with Gasteiger partial charge in [-0.15, -0.1) is 0 Å². The largest absolute Gasteiger partial charge is 0.456 e. The Bertz CT molecular complexity index is 3440. The highest BCUT2D eigenvalue weighted by molar-refractivity contribution is 6.13. The first kappa shape index (κ1) is 37.3. The van der Waals surface area contributed by atoms with Crippen LogP contribution >= 0.6 is 0 Å². The molecule has 2 aromatic heterocycles. The zero-order valence-electron chi connectivity index (χ0n) is 34.0. The summed E-state index contributed by atoms with van der Waals surface area (Å²) in [6.45, 7) is 0. The second kappa shape index (κ2) is 16.0. The van der Waals surface area contributed by atoms with E-state index in [0.717, 1.165) is 88.7 Å². The lowest BCUT2D eigenvalue weighted by molar-refractivity contribution is 0.669. The number of aromatic nitrogens is 3. The fourth-order valence-electron chi connectivity index (χ4n) is 8.45. The number of nitriles is 1. The van der Waals surface area contributed by atoms with E-state index in [1.54, 1.807) is 0 Å². The van der Waals surface area contributed by atoms with Crippen LogP contribution in [0.2, 0.25) is 0 Å². The molecule has 0 amide bonds. The van der Waals surface area contributed by atoms with Crippen molar-refractivity contribution in [1.82, 2.24) is 15.0 Å². The average Bonchev–Trinajstić information content (AvgIpc) is 3.75. The maximum absolute atomic E-state index is 9.81. The Kier molecular flexibility index (Phi) is 9.50. The number of benzene rings is 9. The van der Waals surface area contributed by atoms with Crippen molar-refractivity contribution in [3.05, 3.63) is 224 Å². The second-order valence-corrected chi connectivity index (χ2v) is 15.5. The maximum atomic E-state index is 9.81. The van der Waals surface area contributed by atoms with Crippen LogP contribution in [0.15, 0.2) is 223 Å². The van der Waals surface area contributed by atoms with Crippen molar-refractivity contribution in [3.63, 3.8) is 0 Å². The van der Waals surface area contributed by atoms with Gasteiger partial charge >= 0.3 is 0 Å². The highest BCUT2D eigenvalue weighted by Crippen LogP contribution is 2.40. The van der Waals surface area contributed by atoms with Crippen molar-refractivity contribution in [2.75, 3.05) is 0 Å². The molecule has 0 saturated carbocycles. The van der Waals surface area contributed by atoms with E-state index in [4.69, 9.17) is 19.4 Å². The molecule has 5 heteroatoms. The maximum Gasteiger partial charge on any atom is 0.164 e. The monoisotopic (exact) mass is 804 g/mol. The topological polar surface area (TPSA) is 75.6 Å². The summed E-state index contributed by atoms with van der Waals surface area (Å²) in [7, 11) is 0. The van der Waals surface area contributed by atoms with E-state index in [0.29, 0.717) is 23.0 Å². The van der Waals surface area contributed by atoms with Gasteiger partial charge in [0.05, 0.1) is 11.6 Å². The Morgan fingerprint density at radius 1 is 0.317 bits per heavy atom. The van der Waals surface area contributed by atoms with Gasteiger partial charge in [-0.3, -0.25) is 0 Å². The third-order valence-electron chi connectivity index (χ3n) is 11.6. The molecule has 0 N–H and O–H groups in total. The van der Waals surface area contributed by atoms with Crippen LogP contribution in [0.4, 0.5) is 0 Å². The van der Waals surface area contributed by atoms with Crippen LogP contribution < -0.4 is 0 Å².